The molecule has 0 aliphatic carbocycles. The zero-order valence-electron chi connectivity index (χ0n) is 18.4. The number of amides is 1. The van der Waals surface area contributed by atoms with Crippen LogP contribution in [-0.4, -0.2) is 57.6 Å². The van der Waals surface area contributed by atoms with Crippen molar-refractivity contribution in [1.82, 2.24) is 19.6 Å². The second-order valence-electron chi connectivity index (χ2n) is 9.05. The van der Waals surface area contributed by atoms with Gasteiger partial charge in [0.25, 0.3) is 0 Å². The largest absolute Gasteiger partial charge is 0.416 e. The van der Waals surface area contributed by atoms with E-state index in [1.165, 1.54) is 36.0 Å². The van der Waals surface area contributed by atoms with Crippen LogP contribution in [0.25, 0.3) is 0 Å². The lowest BCUT2D eigenvalue weighted by Gasteiger charge is -2.46. The fourth-order valence-electron chi connectivity index (χ4n) is 4.83. The molecule has 1 aromatic heterocycles. The number of hydrogen-bond donors (Lipinski definition) is 0. The Labute approximate surface area is 195 Å². The van der Waals surface area contributed by atoms with Gasteiger partial charge in [-0.1, -0.05) is 11.6 Å². The summed E-state index contributed by atoms with van der Waals surface area (Å²) in [5.41, 5.74) is -0.0676. The number of aromatic nitrogens is 2. The summed E-state index contributed by atoms with van der Waals surface area (Å²) in [6.45, 7) is 4.23. The number of nitrogens with zero attached hydrogens (tertiary/aromatic N) is 4. The molecule has 4 rings (SSSR count). The molecule has 2 aromatic rings. The monoisotopic (exact) mass is 482 g/mol. The first kappa shape index (κ1) is 23.8. The van der Waals surface area contributed by atoms with Gasteiger partial charge in [0.05, 0.1) is 5.56 Å². The summed E-state index contributed by atoms with van der Waals surface area (Å²) in [5, 5.41) is 4.35. The van der Waals surface area contributed by atoms with Crippen molar-refractivity contribution >= 4 is 23.4 Å². The summed E-state index contributed by atoms with van der Waals surface area (Å²) in [7, 11) is 0. The van der Waals surface area contributed by atoms with Gasteiger partial charge >= 0.3 is 12.2 Å². The summed E-state index contributed by atoms with van der Waals surface area (Å²) in [6.07, 6.45) is 0.556. The predicted octanol–water partition coefficient (Wildman–Crippen LogP) is 5.10. The van der Waals surface area contributed by atoms with E-state index in [0.717, 1.165) is 31.7 Å². The number of benzene rings is 1. The molecule has 1 amide bonds. The molecule has 3 heterocycles. The number of rotatable bonds is 3. The number of hydrogen-bond acceptors (Lipinski definition) is 4. The van der Waals surface area contributed by atoms with Gasteiger partial charge in [0.1, 0.15) is 5.69 Å². The van der Waals surface area contributed by atoms with Crippen molar-refractivity contribution in [2.75, 3.05) is 26.2 Å². The Morgan fingerprint density at radius 2 is 1.70 bits per heavy atom. The molecule has 2 fully saturated rings. The van der Waals surface area contributed by atoms with Crippen molar-refractivity contribution in [2.45, 2.75) is 45.3 Å². The number of Topliss-reactive ketones (excluding diaryl/α,β-unsaturated/α-hetero) is 1. The molecule has 1 aromatic carbocycles. The minimum atomic E-state index is -4.41. The summed E-state index contributed by atoms with van der Waals surface area (Å²) in [4.78, 5) is 27.9. The number of ketones is 1. The van der Waals surface area contributed by atoms with Gasteiger partial charge in [-0.2, -0.15) is 23.0 Å². The molecule has 33 heavy (non-hydrogen) atoms. The fourth-order valence-corrected chi connectivity index (χ4v) is 5.03. The first-order chi connectivity index (χ1) is 15.6. The number of likely N-dealkylation sites (tertiary alicyclic amines) is 2. The molecule has 178 valence electrons. The average molecular weight is 483 g/mol. The Hall–Kier alpha value is -2.39. The first-order valence-corrected chi connectivity index (χ1v) is 11.4. The van der Waals surface area contributed by atoms with Crippen molar-refractivity contribution in [2.24, 2.45) is 5.41 Å². The van der Waals surface area contributed by atoms with Crippen molar-refractivity contribution in [1.29, 1.82) is 0 Å². The van der Waals surface area contributed by atoms with E-state index in [2.05, 4.69) is 10.00 Å². The Kier molecular flexibility index (Phi) is 6.55. The van der Waals surface area contributed by atoms with E-state index in [9.17, 15) is 22.8 Å². The molecule has 10 heteroatoms. The van der Waals surface area contributed by atoms with Gasteiger partial charge in [-0.3, -0.25) is 9.69 Å². The van der Waals surface area contributed by atoms with Crippen molar-refractivity contribution in [3.8, 4) is 0 Å². The minimum Gasteiger partial charge on any atom is -0.323 e. The molecule has 6 nitrogen and oxygen atoms in total. The number of halogens is 4. The maximum Gasteiger partial charge on any atom is 0.416 e. The van der Waals surface area contributed by atoms with E-state index >= 15 is 0 Å². The highest BCUT2D eigenvalue weighted by Gasteiger charge is 2.40. The van der Waals surface area contributed by atoms with Gasteiger partial charge in [0, 0.05) is 37.8 Å². The second-order valence-corrected chi connectivity index (χ2v) is 9.48. The molecule has 2 saturated heterocycles. The smallest absolute Gasteiger partial charge is 0.323 e. The van der Waals surface area contributed by atoms with Crippen molar-refractivity contribution in [3.63, 3.8) is 0 Å². The van der Waals surface area contributed by atoms with Crippen LogP contribution in [0.4, 0.5) is 18.0 Å². The summed E-state index contributed by atoms with van der Waals surface area (Å²) < 4.78 is 41.3. The highest BCUT2D eigenvalue weighted by molar-refractivity contribution is 6.30. The Bertz CT molecular complexity index is 1030. The highest BCUT2D eigenvalue weighted by Crippen LogP contribution is 2.42. The molecule has 0 radical (unpaired) electrons. The van der Waals surface area contributed by atoms with Gasteiger partial charge in [0.2, 0.25) is 0 Å². The first-order valence-electron chi connectivity index (χ1n) is 11.0. The molecule has 0 saturated carbocycles. The third-order valence-corrected chi connectivity index (χ3v) is 7.16. The van der Waals surface area contributed by atoms with Crippen LogP contribution in [0.3, 0.4) is 0 Å². The van der Waals surface area contributed by atoms with E-state index < -0.39 is 11.7 Å². The number of carbonyl (C=O) groups is 2. The Balaban J connectivity index is 1.33. The van der Waals surface area contributed by atoms with E-state index in [1.54, 1.807) is 4.90 Å². The summed E-state index contributed by atoms with van der Waals surface area (Å²) >= 11 is 5.96. The number of alkyl halides is 3. The average Bonchev–Trinajstić information content (AvgIpc) is 3.26. The third kappa shape index (κ3) is 5.24. The van der Waals surface area contributed by atoms with Crippen LogP contribution >= 0.6 is 11.6 Å². The van der Waals surface area contributed by atoms with Gasteiger partial charge in [-0.05, 0) is 74.0 Å². The Morgan fingerprint density at radius 3 is 2.27 bits per heavy atom. The van der Waals surface area contributed by atoms with Gasteiger partial charge < -0.3 is 4.90 Å². The van der Waals surface area contributed by atoms with E-state index in [1.807, 2.05) is 0 Å². The maximum absolute atomic E-state index is 13.4. The zero-order valence-corrected chi connectivity index (χ0v) is 19.1. The Morgan fingerprint density at radius 1 is 1.06 bits per heavy atom. The van der Waals surface area contributed by atoms with Crippen LogP contribution < -0.4 is 0 Å². The van der Waals surface area contributed by atoms with Crippen LogP contribution in [-0.2, 0) is 12.7 Å². The molecule has 1 spiro atoms. The third-order valence-electron chi connectivity index (χ3n) is 6.92. The summed E-state index contributed by atoms with van der Waals surface area (Å²) in [6, 6.07) is 5.03. The molecule has 0 N–H and O–H groups in total. The van der Waals surface area contributed by atoms with E-state index in [-0.39, 0.29) is 35.0 Å². The van der Waals surface area contributed by atoms with Crippen LogP contribution in [0, 0.1) is 5.41 Å². The zero-order chi connectivity index (χ0) is 23.8. The second kappa shape index (κ2) is 9.10. The highest BCUT2D eigenvalue weighted by atomic mass is 35.5. The van der Waals surface area contributed by atoms with Crippen LogP contribution in [0.5, 0.6) is 0 Å². The number of carbonyl (C=O) groups excluding carboxylic acids is 2. The quantitative estimate of drug-likeness (QED) is 0.571. The summed E-state index contributed by atoms with van der Waals surface area (Å²) in [5.74, 6) is -0.189. The molecule has 0 unspecified atom stereocenters. The maximum atomic E-state index is 13.4. The predicted molar refractivity (Wildman–Crippen MR) is 117 cm³/mol. The van der Waals surface area contributed by atoms with Gasteiger partial charge in [-0.25, -0.2) is 4.79 Å². The molecule has 0 bridgehead atoms. The van der Waals surface area contributed by atoms with Crippen molar-refractivity contribution in [3.05, 3.63) is 52.3 Å². The molecule has 0 atom stereocenters. The SMILES string of the molecule is CC(=O)c1ccn(C(=O)N2CCC3(CCN(Cc4cc(Cl)ccc4C(F)(F)F)CC3)CC2)n1. The number of piperidine rings is 2. The van der Waals surface area contributed by atoms with E-state index in [4.69, 9.17) is 11.6 Å². The van der Waals surface area contributed by atoms with Crippen LogP contribution in [0.2, 0.25) is 5.02 Å². The molecular formula is C23H26ClF3N4O2. The fraction of sp³-hybridized carbons (Fsp3) is 0.522. The standard InChI is InChI=1S/C23H26ClF3N4O2/c1-16(32)20-4-9-31(28-20)21(33)30-12-7-22(8-13-30)5-10-29(11-6-22)15-17-14-18(24)2-3-19(17)23(25,26)27/h2-4,9,14H,5-8,10-13,15H2,1H3. The molecular weight excluding hydrogens is 457 g/mol. The van der Waals surface area contributed by atoms with Crippen molar-refractivity contribution < 1.29 is 22.8 Å². The van der Waals surface area contributed by atoms with Crippen LogP contribution in [0.1, 0.15) is 54.2 Å². The van der Waals surface area contributed by atoms with Crippen LogP contribution in [0.15, 0.2) is 30.5 Å². The van der Waals surface area contributed by atoms with E-state index in [0.29, 0.717) is 31.2 Å². The molecule has 2 aliphatic heterocycles. The minimum absolute atomic E-state index is 0.100. The van der Waals surface area contributed by atoms with Gasteiger partial charge in [0.15, 0.2) is 5.78 Å². The molecule has 2 aliphatic rings. The lowest BCUT2D eigenvalue weighted by molar-refractivity contribution is -0.138. The normalized spacial score (nSPS) is 19.1. The lowest BCUT2D eigenvalue weighted by Crippen LogP contribution is -2.49. The van der Waals surface area contributed by atoms with Gasteiger partial charge in [-0.15, -0.1) is 0 Å². The topological polar surface area (TPSA) is 58.4 Å². The lowest BCUT2D eigenvalue weighted by atomic mass is 9.71.